The average Bonchev–Trinajstić information content (AvgIpc) is 2.64. The molecule has 0 saturated heterocycles. The predicted molar refractivity (Wildman–Crippen MR) is 106 cm³/mol. The summed E-state index contributed by atoms with van der Waals surface area (Å²) in [7, 11) is 0. The number of ether oxygens (including phenoxy) is 2. The Labute approximate surface area is 160 Å². The Balaban J connectivity index is 1.97. The van der Waals surface area contributed by atoms with Crippen LogP contribution < -0.4 is 10.1 Å². The summed E-state index contributed by atoms with van der Waals surface area (Å²) in [5.74, 6) is -0.0922. The SMILES string of the molecule is CC[C@H](C)OC(=O)[C@H](C)Oc1ccc(C(=O)Nc2ccc(C)cc2C)cc1. The first-order valence-electron chi connectivity index (χ1n) is 9.16. The van der Waals surface area contributed by atoms with E-state index in [0.29, 0.717) is 11.3 Å². The molecule has 0 fully saturated rings. The fourth-order valence-electron chi connectivity index (χ4n) is 2.46. The summed E-state index contributed by atoms with van der Waals surface area (Å²) in [6, 6.07) is 12.5. The third-order valence-electron chi connectivity index (χ3n) is 4.28. The van der Waals surface area contributed by atoms with E-state index in [-0.39, 0.29) is 12.0 Å². The van der Waals surface area contributed by atoms with Crippen molar-refractivity contribution in [1.82, 2.24) is 0 Å². The van der Waals surface area contributed by atoms with Crippen molar-refractivity contribution in [3.05, 3.63) is 59.2 Å². The molecule has 2 rings (SSSR count). The van der Waals surface area contributed by atoms with Crippen LogP contribution in [0.25, 0.3) is 0 Å². The van der Waals surface area contributed by atoms with Crippen molar-refractivity contribution < 1.29 is 19.1 Å². The van der Waals surface area contributed by atoms with Crippen LogP contribution in [0.4, 0.5) is 5.69 Å². The Morgan fingerprint density at radius 1 is 1.04 bits per heavy atom. The van der Waals surface area contributed by atoms with E-state index >= 15 is 0 Å². The van der Waals surface area contributed by atoms with Crippen molar-refractivity contribution >= 4 is 17.6 Å². The minimum absolute atomic E-state index is 0.139. The number of rotatable bonds is 7. The first-order chi connectivity index (χ1) is 12.8. The van der Waals surface area contributed by atoms with Crippen LogP contribution in [0.3, 0.4) is 0 Å². The summed E-state index contributed by atoms with van der Waals surface area (Å²) < 4.78 is 10.9. The van der Waals surface area contributed by atoms with Gasteiger partial charge < -0.3 is 14.8 Å². The van der Waals surface area contributed by atoms with Gasteiger partial charge in [-0.25, -0.2) is 4.79 Å². The molecule has 0 unspecified atom stereocenters. The number of aryl methyl sites for hydroxylation is 2. The Bertz CT molecular complexity index is 798. The number of carbonyl (C=O) groups is 2. The van der Waals surface area contributed by atoms with E-state index in [2.05, 4.69) is 5.32 Å². The quantitative estimate of drug-likeness (QED) is 0.721. The maximum absolute atomic E-state index is 12.4. The number of hydrogen-bond donors (Lipinski definition) is 1. The largest absolute Gasteiger partial charge is 0.479 e. The van der Waals surface area contributed by atoms with Crippen LogP contribution in [-0.2, 0) is 9.53 Å². The number of carbonyl (C=O) groups excluding carboxylic acids is 2. The molecule has 5 heteroatoms. The third-order valence-corrected chi connectivity index (χ3v) is 4.28. The van der Waals surface area contributed by atoms with E-state index in [1.807, 2.05) is 45.9 Å². The van der Waals surface area contributed by atoms with Crippen molar-refractivity contribution in [2.45, 2.75) is 53.2 Å². The molecular formula is C22H27NO4. The number of benzene rings is 2. The highest BCUT2D eigenvalue weighted by atomic mass is 16.6. The van der Waals surface area contributed by atoms with E-state index in [9.17, 15) is 9.59 Å². The lowest BCUT2D eigenvalue weighted by atomic mass is 10.1. The van der Waals surface area contributed by atoms with Crippen LogP contribution >= 0.6 is 0 Å². The van der Waals surface area contributed by atoms with Gasteiger partial charge in [-0.05, 0) is 70.0 Å². The molecule has 1 N–H and O–H groups in total. The Morgan fingerprint density at radius 2 is 1.70 bits per heavy atom. The molecule has 0 saturated carbocycles. The minimum atomic E-state index is -0.714. The first kappa shape index (κ1) is 20.5. The number of amides is 1. The first-order valence-corrected chi connectivity index (χ1v) is 9.16. The molecule has 0 heterocycles. The summed E-state index contributed by atoms with van der Waals surface area (Å²) in [6.45, 7) is 9.40. The summed E-state index contributed by atoms with van der Waals surface area (Å²) in [5, 5.41) is 2.91. The Morgan fingerprint density at radius 3 is 2.30 bits per heavy atom. The highest BCUT2D eigenvalue weighted by Crippen LogP contribution is 2.19. The zero-order valence-corrected chi connectivity index (χ0v) is 16.5. The molecule has 1 amide bonds. The second-order valence-electron chi connectivity index (χ2n) is 6.71. The second-order valence-corrected chi connectivity index (χ2v) is 6.71. The monoisotopic (exact) mass is 369 g/mol. The average molecular weight is 369 g/mol. The third kappa shape index (κ3) is 5.84. The van der Waals surface area contributed by atoms with Crippen molar-refractivity contribution in [2.24, 2.45) is 0 Å². The topological polar surface area (TPSA) is 64.6 Å². The van der Waals surface area contributed by atoms with Gasteiger partial charge in [0, 0.05) is 11.3 Å². The van der Waals surface area contributed by atoms with E-state index in [1.54, 1.807) is 31.2 Å². The van der Waals surface area contributed by atoms with Gasteiger partial charge in [0.1, 0.15) is 5.75 Å². The fraction of sp³-hybridized carbons (Fsp3) is 0.364. The molecule has 2 atom stereocenters. The summed E-state index contributed by atoms with van der Waals surface area (Å²) in [5.41, 5.74) is 3.45. The van der Waals surface area contributed by atoms with E-state index < -0.39 is 12.1 Å². The predicted octanol–water partition coefficient (Wildman–Crippen LogP) is 4.66. The fourth-order valence-corrected chi connectivity index (χ4v) is 2.46. The van der Waals surface area contributed by atoms with Crippen LogP contribution in [0.15, 0.2) is 42.5 Å². The zero-order chi connectivity index (χ0) is 20.0. The summed E-state index contributed by atoms with van der Waals surface area (Å²) in [4.78, 5) is 24.4. The van der Waals surface area contributed by atoms with Crippen molar-refractivity contribution in [3.8, 4) is 5.75 Å². The van der Waals surface area contributed by atoms with Crippen molar-refractivity contribution in [3.63, 3.8) is 0 Å². The molecule has 2 aromatic rings. The van der Waals surface area contributed by atoms with Crippen LogP contribution in [0.5, 0.6) is 5.75 Å². The molecule has 0 aliphatic carbocycles. The Hall–Kier alpha value is -2.82. The van der Waals surface area contributed by atoms with E-state index in [4.69, 9.17) is 9.47 Å². The maximum Gasteiger partial charge on any atom is 0.347 e. The molecular weight excluding hydrogens is 342 g/mol. The number of hydrogen-bond acceptors (Lipinski definition) is 4. The van der Waals surface area contributed by atoms with Gasteiger partial charge in [0.25, 0.3) is 5.91 Å². The molecule has 0 aliphatic rings. The summed E-state index contributed by atoms with van der Waals surface area (Å²) >= 11 is 0. The van der Waals surface area contributed by atoms with Gasteiger partial charge in [0.15, 0.2) is 6.10 Å². The highest BCUT2D eigenvalue weighted by molar-refractivity contribution is 6.04. The van der Waals surface area contributed by atoms with Crippen LogP contribution in [0.1, 0.15) is 48.7 Å². The van der Waals surface area contributed by atoms with Crippen LogP contribution in [-0.4, -0.2) is 24.1 Å². The summed E-state index contributed by atoms with van der Waals surface area (Å²) in [6.07, 6.45) is -0.100. The van der Waals surface area contributed by atoms with E-state index in [1.165, 1.54) is 0 Å². The molecule has 0 spiro atoms. The van der Waals surface area contributed by atoms with Gasteiger partial charge in [0.05, 0.1) is 6.10 Å². The number of nitrogens with one attached hydrogen (secondary N) is 1. The lowest BCUT2D eigenvalue weighted by molar-refractivity contribution is -0.155. The highest BCUT2D eigenvalue weighted by Gasteiger charge is 2.18. The van der Waals surface area contributed by atoms with Crippen LogP contribution in [0.2, 0.25) is 0 Å². The molecule has 0 radical (unpaired) electrons. The second kappa shape index (κ2) is 9.21. The molecule has 0 aliphatic heterocycles. The smallest absolute Gasteiger partial charge is 0.347 e. The van der Waals surface area contributed by atoms with Gasteiger partial charge in [-0.2, -0.15) is 0 Å². The molecule has 5 nitrogen and oxygen atoms in total. The maximum atomic E-state index is 12.4. The molecule has 0 aromatic heterocycles. The number of esters is 1. The van der Waals surface area contributed by atoms with Crippen LogP contribution in [0, 0.1) is 13.8 Å². The van der Waals surface area contributed by atoms with Crippen molar-refractivity contribution in [1.29, 1.82) is 0 Å². The van der Waals surface area contributed by atoms with Gasteiger partial charge in [-0.15, -0.1) is 0 Å². The zero-order valence-electron chi connectivity index (χ0n) is 16.5. The molecule has 0 bridgehead atoms. The standard InChI is InChI=1S/C22H27NO4/c1-6-16(4)26-22(25)17(5)27-19-10-8-18(9-11-19)21(24)23-20-12-7-14(2)13-15(20)3/h7-13,16-17H,6H2,1-5H3,(H,23,24)/t16-,17-/m0/s1. The molecule has 2 aromatic carbocycles. The minimum Gasteiger partial charge on any atom is -0.479 e. The van der Waals surface area contributed by atoms with Gasteiger partial charge in [0.2, 0.25) is 0 Å². The van der Waals surface area contributed by atoms with Gasteiger partial charge >= 0.3 is 5.97 Å². The molecule has 144 valence electrons. The van der Waals surface area contributed by atoms with Crippen molar-refractivity contribution in [2.75, 3.05) is 5.32 Å². The van der Waals surface area contributed by atoms with Gasteiger partial charge in [-0.1, -0.05) is 24.6 Å². The normalized spacial score (nSPS) is 12.8. The lowest BCUT2D eigenvalue weighted by Crippen LogP contribution is -2.29. The molecule has 27 heavy (non-hydrogen) atoms. The van der Waals surface area contributed by atoms with E-state index in [0.717, 1.165) is 23.2 Å². The number of anilines is 1. The Kier molecular flexibility index (Phi) is 6.99. The van der Waals surface area contributed by atoms with Gasteiger partial charge in [-0.3, -0.25) is 4.79 Å². The lowest BCUT2D eigenvalue weighted by Gasteiger charge is -2.17.